The topological polar surface area (TPSA) is 84.9 Å². The van der Waals surface area contributed by atoms with E-state index in [9.17, 15) is 14.4 Å². The lowest BCUT2D eigenvalue weighted by atomic mass is 9.95. The quantitative estimate of drug-likeness (QED) is 0.109. The van der Waals surface area contributed by atoms with Crippen LogP contribution in [0.5, 0.6) is 5.75 Å². The van der Waals surface area contributed by atoms with Crippen molar-refractivity contribution in [2.75, 3.05) is 18.5 Å². The Hall–Kier alpha value is -2.69. The maximum absolute atomic E-state index is 13.1. The lowest BCUT2D eigenvalue weighted by Gasteiger charge is -2.22. The number of fused-ring (bicyclic) bond motifs is 1. The highest BCUT2D eigenvalue weighted by molar-refractivity contribution is 8.26. The Labute approximate surface area is 267 Å². The molecule has 10 heteroatoms. The van der Waals surface area contributed by atoms with Crippen molar-refractivity contribution >= 4 is 68.5 Å². The molecule has 0 radical (unpaired) electrons. The first-order chi connectivity index (χ1) is 20.9. The van der Waals surface area contributed by atoms with E-state index in [1.165, 1.54) is 47.2 Å². The molecular formula is C33H40N2O5S3. The molecule has 0 spiro atoms. The summed E-state index contributed by atoms with van der Waals surface area (Å²) in [6.07, 6.45) is 14.7. The van der Waals surface area contributed by atoms with Crippen LogP contribution in [0.1, 0.15) is 104 Å². The van der Waals surface area contributed by atoms with E-state index in [2.05, 4.69) is 5.32 Å². The number of rotatable bonds is 12. The Morgan fingerprint density at radius 1 is 1.05 bits per heavy atom. The first-order valence-electron chi connectivity index (χ1n) is 15.6. The lowest BCUT2D eigenvalue weighted by molar-refractivity contribution is -0.122. The van der Waals surface area contributed by atoms with Crippen LogP contribution in [0, 0.1) is 0 Å². The number of unbranched alkanes of at least 4 members (excludes halogenated alkanes) is 2. The molecule has 2 heterocycles. The molecule has 0 unspecified atom stereocenters. The van der Waals surface area contributed by atoms with Crippen molar-refractivity contribution in [1.82, 2.24) is 4.90 Å². The van der Waals surface area contributed by atoms with Crippen molar-refractivity contribution in [2.45, 2.75) is 96.5 Å². The number of hydrogen-bond acceptors (Lipinski definition) is 8. The number of nitrogens with one attached hydrogen (secondary N) is 1. The number of carbonyl (C=O) groups is 3. The molecule has 1 saturated heterocycles. The molecule has 1 N–H and O–H groups in total. The zero-order valence-corrected chi connectivity index (χ0v) is 27.2. The van der Waals surface area contributed by atoms with Crippen LogP contribution < -0.4 is 10.1 Å². The molecule has 0 bridgehead atoms. The number of ether oxygens (including phenoxy) is 2. The molecule has 2 fully saturated rings. The maximum atomic E-state index is 13.1. The van der Waals surface area contributed by atoms with Gasteiger partial charge in [-0.15, -0.1) is 11.3 Å². The zero-order valence-electron chi connectivity index (χ0n) is 24.8. The van der Waals surface area contributed by atoms with Crippen molar-refractivity contribution < 1.29 is 23.9 Å². The average Bonchev–Trinajstić information content (AvgIpc) is 3.50. The molecule has 0 atom stereocenters. The number of nitrogens with zero attached hydrogens (tertiary/aromatic N) is 1. The van der Waals surface area contributed by atoms with E-state index < -0.39 is 0 Å². The molecule has 5 rings (SSSR count). The van der Waals surface area contributed by atoms with Crippen LogP contribution in [-0.2, 0) is 27.2 Å². The fourth-order valence-corrected chi connectivity index (χ4v) is 8.46. The van der Waals surface area contributed by atoms with Gasteiger partial charge in [-0.2, -0.15) is 0 Å². The Balaban J connectivity index is 1.06. The molecule has 3 aliphatic rings. The SMILES string of the molecule is CCOC(=O)c1c(NC(=O)CCCCCN2C(=O)/C(=C/c3ccc(OC4CCCCC4)cc3)SC2=S)sc2c1CCCC2. The highest BCUT2D eigenvalue weighted by atomic mass is 32.2. The lowest BCUT2D eigenvalue weighted by Crippen LogP contribution is -2.29. The van der Waals surface area contributed by atoms with E-state index in [0.717, 1.165) is 68.2 Å². The van der Waals surface area contributed by atoms with Gasteiger partial charge in [-0.25, -0.2) is 4.79 Å². The second kappa shape index (κ2) is 15.3. The third-order valence-electron chi connectivity index (χ3n) is 8.10. The minimum absolute atomic E-state index is 0.0663. The van der Waals surface area contributed by atoms with Crippen LogP contribution in [0.2, 0.25) is 0 Å². The minimum atomic E-state index is -0.351. The van der Waals surface area contributed by atoms with Crippen LogP contribution in [-0.4, -0.2) is 46.3 Å². The first-order valence-corrected chi connectivity index (χ1v) is 17.6. The van der Waals surface area contributed by atoms with E-state index >= 15 is 0 Å². The number of anilines is 1. The standard InChI is InChI=1S/C33H40N2O5S3/c1-2-39-32(38)29-25-13-8-9-14-26(25)42-30(29)34-28(36)15-7-4-10-20-35-31(37)27(43-33(35)41)21-22-16-18-24(19-17-22)40-23-11-5-3-6-12-23/h16-19,21,23H,2-15,20H2,1H3,(H,34,36)/b27-21-. The van der Waals surface area contributed by atoms with E-state index in [1.807, 2.05) is 30.3 Å². The van der Waals surface area contributed by atoms with Gasteiger partial charge in [-0.1, -0.05) is 49.0 Å². The van der Waals surface area contributed by atoms with Gasteiger partial charge < -0.3 is 14.8 Å². The Morgan fingerprint density at radius 3 is 2.58 bits per heavy atom. The van der Waals surface area contributed by atoms with Crippen LogP contribution in [0.15, 0.2) is 29.2 Å². The largest absolute Gasteiger partial charge is 0.490 e. The summed E-state index contributed by atoms with van der Waals surface area (Å²) < 4.78 is 12.0. The Morgan fingerprint density at radius 2 is 1.81 bits per heavy atom. The van der Waals surface area contributed by atoms with Crippen molar-refractivity contribution in [2.24, 2.45) is 0 Å². The summed E-state index contributed by atoms with van der Waals surface area (Å²) in [5.41, 5.74) is 2.53. The van der Waals surface area contributed by atoms with Crippen molar-refractivity contribution in [1.29, 1.82) is 0 Å². The first kappa shape index (κ1) is 31.7. The molecule has 230 valence electrons. The van der Waals surface area contributed by atoms with Crippen LogP contribution in [0.4, 0.5) is 5.00 Å². The monoisotopic (exact) mass is 640 g/mol. The Kier molecular flexibility index (Phi) is 11.3. The van der Waals surface area contributed by atoms with Crippen molar-refractivity contribution in [3.8, 4) is 5.75 Å². The van der Waals surface area contributed by atoms with E-state index in [4.69, 9.17) is 21.7 Å². The second-order valence-corrected chi connectivity index (χ2v) is 14.1. The molecule has 1 saturated carbocycles. The number of amides is 2. The van der Waals surface area contributed by atoms with Gasteiger partial charge in [0.1, 0.15) is 15.1 Å². The number of carbonyl (C=O) groups excluding carboxylic acids is 3. The summed E-state index contributed by atoms with van der Waals surface area (Å²) in [5.74, 6) is 0.353. The van der Waals surface area contributed by atoms with Gasteiger partial charge in [0.05, 0.1) is 23.2 Å². The third kappa shape index (κ3) is 8.28. The minimum Gasteiger partial charge on any atom is -0.490 e. The van der Waals surface area contributed by atoms with Crippen LogP contribution in [0.25, 0.3) is 6.08 Å². The van der Waals surface area contributed by atoms with E-state index in [1.54, 1.807) is 11.8 Å². The fraction of sp³-hybridized carbons (Fsp3) is 0.515. The van der Waals surface area contributed by atoms with Crippen LogP contribution in [0.3, 0.4) is 0 Å². The van der Waals surface area contributed by atoms with Gasteiger partial charge in [-0.3, -0.25) is 14.5 Å². The number of thiophene rings is 1. The molecule has 7 nitrogen and oxygen atoms in total. The van der Waals surface area contributed by atoms with Gasteiger partial charge in [0.15, 0.2) is 0 Å². The molecule has 1 aromatic heterocycles. The van der Waals surface area contributed by atoms with Gasteiger partial charge in [0, 0.05) is 17.8 Å². The van der Waals surface area contributed by atoms with Crippen molar-refractivity contribution in [3.05, 3.63) is 50.7 Å². The molecule has 2 aromatic rings. The molecule has 1 aliphatic heterocycles. The Bertz CT molecular complexity index is 1360. The maximum Gasteiger partial charge on any atom is 0.341 e. The van der Waals surface area contributed by atoms with Gasteiger partial charge in [0.25, 0.3) is 5.91 Å². The molecule has 2 aliphatic carbocycles. The molecule has 2 amide bonds. The summed E-state index contributed by atoms with van der Waals surface area (Å²) >= 11 is 8.35. The molecular weight excluding hydrogens is 601 g/mol. The van der Waals surface area contributed by atoms with Gasteiger partial charge in [0.2, 0.25) is 5.91 Å². The number of aryl methyl sites for hydroxylation is 1. The summed E-state index contributed by atoms with van der Waals surface area (Å²) in [7, 11) is 0. The number of esters is 1. The second-order valence-electron chi connectivity index (χ2n) is 11.3. The predicted molar refractivity (Wildman–Crippen MR) is 178 cm³/mol. The van der Waals surface area contributed by atoms with Gasteiger partial charge in [-0.05, 0) is 100 Å². The average molecular weight is 641 g/mol. The highest BCUT2D eigenvalue weighted by Gasteiger charge is 2.31. The molecule has 43 heavy (non-hydrogen) atoms. The zero-order chi connectivity index (χ0) is 30.2. The third-order valence-corrected chi connectivity index (χ3v) is 10.7. The normalized spacial score (nSPS) is 18.2. The smallest absolute Gasteiger partial charge is 0.341 e. The number of thiocarbonyl (C=S) groups is 1. The van der Waals surface area contributed by atoms with E-state index in [-0.39, 0.29) is 17.8 Å². The van der Waals surface area contributed by atoms with Crippen LogP contribution >= 0.6 is 35.3 Å². The highest BCUT2D eigenvalue weighted by Crippen LogP contribution is 2.39. The number of hydrogen-bond donors (Lipinski definition) is 1. The summed E-state index contributed by atoms with van der Waals surface area (Å²) in [6.45, 7) is 2.63. The summed E-state index contributed by atoms with van der Waals surface area (Å²) in [6, 6.07) is 7.91. The van der Waals surface area contributed by atoms with E-state index in [0.29, 0.717) is 51.9 Å². The fourth-order valence-electron chi connectivity index (χ4n) is 5.86. The predicted octanol–water partition coefficient (Wildman–Crippen LogP) is 7.92. The number of thioether (sulfide) groups is 1. The van der Waals surface area contributed by atoms with Crippen molar-refractivity contribution in [3.63, 3.8) is 0 Å². The molecule has 1 aromatic carbocycles. The summed E-state index contributed by atoms with van der Waals surface area (Å²) in [5, 5.41) is 3.60. The number of benzene rings is 1. The summed E-state index contributed by atoms with van der Waals surface area (Å²) in [4.78, 5) is 41.9. The van der Waals surface area contributed by atoms with Gasteiger partial charge >= 0.3 is 5.97 Å².